The van der Waals surface area contributed by atoms with Gasteiger partial charge < -0.3 is 10.1 Å². The summed E-state index contributed by atoms with van der Waals surface area (Å²) in [6.07, 6.45) is 4.95. The van der Waals surface area contributed by atoms with Crippen LogP contribution in [0.4, 0.5) is 0 Å². The van der Waals surface area contributed by atoms with Gasteiger partial charge in [-0.05, 0) is 40.2 Å². The predicted molar refractivity (Wildman–Crippen MR) is 56.8 cm³/mol. The van der Waals surface area contributed by atoms with E-state index in [1.165, 1.54) is 5.57 Å². The normalized spacial score (nSPS) is 11.8. The zero-order valence-electron chi connectivity index (χ0n) is 9.02. The van der Waals surface area contributed by atoms with Crippen LogP contribution in [0.3, 0.4) is 0 Å². The lowest BCUT2D eigenvalue weighted by Crippen LogP contribution is -2.17. The minimum atomic E-state index is 0.296. The average Bonchev–Trinajstić information content (AvgIpc) is 2.10. The minimum Gasteiger partial charge on any atom is -0.313 e. The van der Waals surface area contributed by atoms with Gasteiger partial charge in [0.1, 0.15) is 5.78 Å². The van der Waals surface area contributed by atoms with Crippen LogP contribution in [0.1, 0.15) is 40.0 Å². The van der Waals surface area contributed by atoms with Gasteiger partial charge in [-0.15, -0.1) is 0 Å². The van der Waals surface area contributed by atoms with Gasteiger partial charge in [0.05, 0.1) is 0 Å². The molecule has 0 aromatic carbocycles. The van der Waals surface area contributed by atoms with Crippen LogP contribution in [0.2, 0.25) is 0 Å². The van der Waals surface area contributed by atoms with Crippen molar-refractivity contribution in [2.45, 2.75) is 40.0 Å². The number of hydrogen-bond acceptors (Lipinski definition) is 2. The average molecular weight is 183 g/mol. The van der Waals surface area contributed by atoms with Gasteiger partial charge in [-0.1, -0.05) is 11.6 Å². The zero-order valence-corrected chi connectivity index (χ0v) is 9.02. The molecule has 0 radical (unpaired) electrons. The maximum atomic E-state index is 10.6. The highest BCUT2D eigenvalue weighted by atomic mass is 16.1. The lowest BCUT2D eigenvalue weighted by Gasteiger charge is -2.03. The summed E-state index contributed by atoms with van der Waals surface area (Å²) >= 11 is 0. The fraction of sp³-hybridized carbons (Fsp3) is 0.727. The number of nitrogens with one attached hydrogen (secondary N) is 1. The van der Waals surface area contributed by atoms with Crippen LogP contribution in [0.15, 0.2) is 11.6 Å². The Labute approximate surface area is 81.4 Å². The Morgan fingerprint density at radius 3 is 2.54 bits per heavy atom. The molecule has 1 N–H and O–H groups in total. The lowest BCUT2D eigenvalue weighted by atomic mass is 10.2. The number of hydrogen-bond donors (Lipinski definition) is 1. The number of allylic oxidation sites excluding steroid dienone is 1. The fourth-order valence-corrected chi connectivity index (χ4v) is 1.01. The first-order valence-corrected chi connectivity index (χ1v) is 4.98. The third kappa shape index (κ3) is 9.28. The Kier molecular flexibility index (Phi) is 7.60. The quantitative estimate of drug-likeness (QED) is 0.484. The molecular formula is C11H21NO. The zero-order chi connectivity index (χ0) is 10.1. The minimum absolute atomic E-state index is 0.296. The molecule has 0 saturated heterocycles. The second-order valence-corrected chi connectivity index (χ2v) is 3.47. The molecule has 0 saturated carbocycles. The molecule has 0 rings (SSSR count). The summed E-state index contributed by atoms with van der Waals surface area (Å²) < 4.78 is 0. The molecule has 13 heavy (non-hydrogen) atoms. The van der Waals surface area contributed by atoms with Gasteiger partial charge in [0.2, 0.25) is 0 Å². The third-order valence-electron chi connectivity index (χ3n) is 2.03. The predicted octanol–water partition coefficient (Wildman–Crippen LogP) is 2.30. The third-order valence-corrected chi connectivity index (χ3v) is 2.03. The largest absolute Gasteiger partial charge is 0.313 e. The first-order chi connectivity index (χ1) is 6.16. The molecule has 0 aromatic rings. The summed E-state index contributed by atoms with van der Waals surface area (Å²) in [6, 6.07) is 0. The van der Waals surface area contributed by atoms with Gasteiger partial charge in [0, 0.05) is 13.0 Å². The van der Waals surface area contributed by atoms with Crippen molar-refractivity contribution in [3.05, 3.63) is 11.6 Å². The maximum absolute atomic E-state index is 10.6. The highest BCUT2D eigenvalue weighted by Gasteiger charge is 1.93. The summed E-state index contributed by atoms with van der Waals surface area (Å²) in [6.45, 7) is 7.79. The van der Waals surface area contributed by atoms with Crippen LogP contribution >= 0.6 is 0 Å². The van der Waals surface area contributed by atoms with E-state index in [-0.39, 0.29) is 0 Å². The van der Waals surface area contributed by atoms with Crippen molar-refractivity contribution in [2.24, 2.45) is 0 Å². The van der Waals surface area contributed by atoms with Gasteiger partial charge >= 0.3 is 0 Å². The van der Waals surface area contributed by atoms with Crippen molar-refractivity contribution in [2.75, 3.05) is 13.1 Å². The molecular weight excluding hydrogens is 162 g/mol. The highest BCUT2D eigenvalue weighted by molar-refractivity contribution is 5.75. The topological polar surface area (TPSA) is 29.1 Å². The van der Waals surface area contributed by atoms with Crippen LogP contribution in [-0.4, -0.2) is 18.9 Å². The SMILES string of the molecule is CC=C(C)CNCCCCC(C)=O. The number of unbranched alkanes of at least 4 members (excludes halogenated alkanes) is 1. The van der Waals surface area contributed by atoms with E-state index in [1.807, 2.05) is 6.92 Å². The Morgan fingerprint density at radius 1 is 1.31 bits per heavy atom. The van der Waals surface area contributed by atoms with Crippen molar-refractivity contribution in [3.63, 3.8) is 0 Å². The molecule has 0 atom stereocenters. The molecule has 0 aliphatic rings. The van der Waals surface area contributed by atoms with E-state index in [2.05, 4.69) is 18.3 Å². The van der Waals surface area contributed by atoms with Gasteiger partial charge in [-0.3, -0.25) is 0 Å². The Balaban J connectivity index is 3.13. The molecule has 76 valence electrons. The summed E-state index contributed by atoms with van der Waals surface area (Å²) in [5.41, 5.74) is 1.37. The number of carbonyl (C=O) groups is 1. The van der Waals surface area contributed by atoms with E-state index in [9.17, 15) is 4.79 Å². The standard InChI is InChI=1S/C11H21NO/c1-4-10(2)9-12-8-6-5-7-11(3)13/h4,12H,5-9H2,1-3H3. The molecule has 0 unspecified atom stereocenters. The Hall–Kier alpha value is -0.630. The second kappa shape index (κ2) is 7.99. The van der Waals surface area contributed by atoms with Crippen molar-refractivity contribution < 1.29 is 4.79 Å². The number of rotatable bonds is 7. The van der Waals surface area contributed by atoms with E-state index >= 15 is 0 Å². The van der Waals surface area contributed by atoms with Gasteiger partial charge in [0.15, 0.2) is 0 Å². The van der Waals surface area contributed by atoms with E-state index in [0.717, 1.165) is 32.4 Å². The van der Waals surface area contributed by atoms with Crippen molar-refractivity contribution in [1.82, 2.24) is 5.32 Å². The van der Waals surface area contributed by atoms with Gasteiger partial charge in [0.25, 0.3) is 0 Å². The van der Waals surface area contributed by atoms with E-state index in [0.29, 0.717) is 5.78 Å². The van der Waals surface area contributed by atoms with Crippen molar-refractivity contribution in [3.8, 4) is 0 Å². The van der Waals surface area contributed by atoms with Crippen LogP contribution in [0.5, 0.6) is 0 Å². The molecule has 0 aliphatic carbocycles. The summed E-state index contributed by atoms with van der Waals surface area (Å²) in [7, 11) is 0. The lowest BCUT2D eigenvalue weighted by molar-refractivity contribution is -0.117. The molecule has 0 spiro atoms. The van der Waals surface area contributed by atoms with Crippen LogP contribution in [-0.2, 0) is 4.79 Å². The molecule has 2 nitrogen and oxygen atoms in total. The smallest absolute Gasteiger partial charge is 0.129 e. The molecule has 2 heteroatoms. The van der Waals surface area contributed by atoms with Gasteiger partial charge in [-0.2, -0.15) is 0 Å². The first kappa shape index (κ1) is 12.4. The molecule has 0 bridgehead atoms. The highest BCUT2D eigenvalue weighted by Crippen LogP contribution is 1.95. The molecule has 0 amide bonds. The van der Waals surface area contributed by atoms with E-state index in [4.69, 9.17) is 0 Å². The van der Waals surface area contributed by atoms with Crippen LogP contribution < -0.4 is 5.32 Å². The van der Waals surface area contributed by atoms with E-state index in [1.54, 1.807) is 6.92 Å². The summed E-state index contributed by atoms with van der Waals surface area (Å²) in [5.74, 6) is 0.296. The summed E-state index contributed by atoms with van der Waals surface area (Å²) in [4.78, 5) is 10.6. The van der Waals surface area contributed by atoms with Crippen molar-refractivity contribution in [1.29, 1.82) is 0 Å². The molecule has 0 heterocycles. The number of Topliss-reactive ketones (excluding diaryl/α,β-unsaturated/α-hetero) is 1. The Bertz CT molecular complexity index is 173. The fourth-order valence-electron chi connectivity index (χ4n) is 1.01. The number of carbonyl (C=O) groups excluding carboxylic acids is 1. The monoisotopic (exact) mass is 183 g/mol. The Morgan fingerprint density at radius 2 is 2.00 bits per heavy atom. The maximum Gasteiger partial charge on any atom is 0.129 e. The summed E-state index contributed by atoms with van der Waals surface area (Å²) in [5, 5.41) is 3.33. The first-order valence-electron chi connectivity index (χ1n) is 4.98. The number of ketones is 1. The second-order valence-electron chi connectivity index (χ2n) is 3.47. The van der Waals surface area contributed by atoms with Crippen LogP contribution in [0.25, 0.3) is 0 Å². The molecule has 0 aliphatic heterocycles. The van der Waals surface area contributed by atoms with E-state index < -0.39 is 0 Å². The van der Waals surface area contributed by atoms with Crippen molar-refractivity contribution >= 4 is 5.78 Å². The molecule has 0 fully saturated rings. The van der Waals surface area contributed by atoms with Gasteiger partial charge in [-0.25, -0.2) is 0 Å². The van der Waals surface area contributed by atoms with Crippen LogP contribution in [0, 0.1) is 0 Å². The molecule has 0 aromatic heterocycles.